The lowest BCUT2D eigenvalue weighted by molar-refractivity contribution is -0.115. The first-order chi connectivity index (χ1) is 19.8. The van der Waals surface area contributed by atoms with Gasteiger partial charge in [0.1, 0.15) is 11.5 Å². The van der Waals surface area contributed by atoms with E-state index in [2.05, 4.69) is 25.3 Å². The average Bonchev–Trinajstić information content (AvgIpc) is 2.97. The quantitative estimate of drug-likeness (QED) is 0.205. The average molecular weight is 570 g/mol. The largest absolute Gasteiger partial charge is 0.497 e. The monoisotopic (exact) mass is 569 g/mol. The number of carbonyl (C=O) groups is 1. The fourth-order valence-electron chi connectivity index (χ4n) is 4.09. The summed E-state index contributed by atoms with van der Waals surface area (Å²) in [6, 6.07) is 27.6. The summed E-state index contributed by atoms with van der Waals surface area (Å²) in [5.74, 6) is 0.973. The van der Waals surface area contributed by atoms with Gasteiger partial charge in [-0.05, 0) is 35.9 Å². The molecule has 5 rings (SSSR count). The lowest BCUT2D eigenvalue weighted by Crippen LogP contribution is -2.17. The molecule has 0 spiro atoms. The van der Waals surface area contributed by atoms with E-state index >= 15 is 0 Å². The first-order valence-corrected chi connectivity index (χ1v) is 14.0. The zero-order valence-corrected chi connectivity index (χ0v) is 23.1. The van der Waals surface area contributed by atoms with E-state index in [0.29, 0.717) is 33.9 Å². The van der Waals surface area contributed by atoms with Crippen LogP contribution in [0, 0.1) is 0 Å². The standard InChI is InChI=1S/C30H27N5O5S/c1-39-23-16-22(17-24(19-23)40-2)32-29-30(34-27-14-7-6-13-26(27)33-29)35-41(37,38)25-12-8-11-21(18-25)31-28(36)15-20-9-4-3-5-10-20/h3-14,16-19H,15H2,1-2H3,(H,31,36)(H,32,33)(H,34,35). The predicted molar refractivity (Wildman–Crippen MR) is 158 cm³/mol. The van der Waals surface area contributed by atoms with E-state index in [1.165, 1.54) is 26.4 Å². The molecule has 11 heteroatoms. The minimum absolute atomic E-state index is 0.0102. The molecule has 0 saturated carbocycles. The molecule has 3 N–H and O–H groups in total. The Morgan fingerprint density at radius 3 is 2.02 bits per heavy atom. The number of hydrogen-bond donors (Lipinski definition) is 3. The number of carbonyl (C=O) groups excluding carboxylic acids is 1. The molecule has 1 aromatic heterocycles. The van der Waals surface area contributed by atoms with E-state index in [1.807, 2.05) is 36.4 Å². The lowest BCUT2D eigenvalue weighted by Gasteiger charge is -2.15. The van der Waals surface area contributed by atoms with Crippen molar-refractivity contribution in [2.75, 3.05) is 29.6 Å². The second kappa shape index (κ2) is 11.9. The Hall–Kier alpha value is -5.16. The third-order valence-electron chi connectivity index (χ3n) is 6.05. The predicted octanol–water partition coefficient (Wildman–Crippen LogP) is 5.37. The molecule has 5 aromatic rings. The molecule has 0 bridgehead atoms. The molecule has 0 aliphatic heterocycles. The van der Waals surface area contributed by atoms with Crippen LogP contribution in [-0.4, -0.2) is 38.5 Å². The van der Waals surface area contributed by atoms with Gasteiger partial charge in [0, 0.05) is 29.6 Å². The third-order valence-corrected chi connectivity index (χ3v) is 7.39. The number of amides is 1. The molecule has 0 saturated heterocycles. The van der Waals surface area contributed by atoms with E-state index < -0.39 is 10.0 Å². The molecule has 0 unspecified atom stereocenters. The summed E-state index contributed by atoms with van der Waals surface area (Å²) in [5.41, 5.74) is 2.81. The number of ether oxygens (including phenoxy) is 2. The second-order valence-electron chi connectivity index (χ2n) is 8.98. The van der Waals surface area contributed by atoms with Crippen molar-refractivity contribution in [2.24, 2.45) is 0 Å². The van der Waals surface area contributed by atoms with Crippen molar-refractivity contribution in [1.82, 2.24) is 9.97 Å². The summed E-state index contributed by atoms with van der Waals surface area (Å²) in [7, 11) is -1.06. The summed E-state index contributed by atoms with van der Waals surface area (Å²) in [5, 5.41) is 5.89. The zero-order valence-electron chi connectivity index (χ0n) is 22.3. The Bertz CT molecular complexity index is 1790. The summed E-state index contributed by atoms with van der Waals surface area (Å²) in [4.78, 5) is 21.6. The van der Waals surface area contributed by atoms with Crippen molar-refractivity contribution in [3.8, 4) is 11.5 Å². The molecule has 41 heavy (non-hydrogen) atoms. The van der Waals surface area contributed by atoms with Gasteiger partial charge in [-0.3, -0.25) is 9.52 Å². The number of hydrogen-bond acceptors (Lipinski definition) is 8. The Morgan fingerprint density at radius 2 is 1.37 bits per heavy atom. The van der Waals surface area contributed by atoms with E-state index in [1.54, 1.807) is 48.5 Å². The maximum Gasteiger partial charge on any atom is 0.263 e. The van der Waals surface area contributed by atoms with Gasteiger partial charge in [-0.1, -0.05) is 48.5 Å². The van der Waals surface area contributed by atoms with Gasteiger partial charge in [0.05, 0.1) is 36.6 Å². The van der Waals surface area contributed by atoms with E-state index in [9.17, 15) is 13.2 Å². The highest BCUT2D eigenvalue weighted by molar-refractivity contribution is 7.92. The molecular formula is C30H27N5O5S. The normalized spacial score (nSPS) is 11.1. The maximum absolute atomic E-state index is 13.5. The number of para-hydroxylation sites is 2. The van der Waals surface area contributed by atoms with Crippen molar-refractivity contribution in [3.05, 3.63) is 103 Å². The van der Waals surface area contributed by atoms with Gasteiger partial charge in [-0.2, -0.15) is 0 Å². The van der Waals surface area contributed by atoms with Crippen LogP contribution in [0.3, 0.4) is 0 Å². The van der Waals surface area contributed by atoms with Crippen LogP contribution in [0.1, 0.15) is 5.56 Å². The number of benzene rings is 4. The SMILES string of the molecule is COc1cc(Nc2nc3ccccc3nc2NS(=O)(=O)c2cccc(NC(=O)Cc3ccccc3)c2)cc(OC)c1. The molecule has 10 nitrogen and oxygen atoms in total. The van der Waals surface area contributed by atoms with Gasteiger partial charge >= 0.3 is 0 Å². The molecule has 0 radical (unpaired) electrons. The fraction of sp³-hybridized carbons (Fsp3) is 0.100. The summed E-state index contributed by atoms with van der Waals surface area (Å²) in [6.45, 7) is 0. The van der Waals surface area contributed by atoms with Crippen LogP contribution < -0.4 is 24.8 Å². The smallest absolute Gasteiger partial charge is 0.263 e. The Balaban J connectivity index is 1.44. The minimum atomic E-state index is -4.13. The van der Waals surface area contributed by atoms with Crippen molar-refractivity contribution in [2.45, 2.75) is 11.3 Å². The number of nitrogens with one attached hydrogen (secondary N) is 3. The fourth-order valence-corrected chi connectivity index (χ4v) is 5.14. The van der Waals surface area contributed by atoms with Crippen LogP contribution >= 0.6 is 0 Å². The Labute approximate surface area is 237 Å². The maximum atomic E-state index is 13.5. The molecule has 0 fully saturated rings. The number of fused-ring (bicyclic) bond motifs is 1. The number of sulfonamides is 1. The lowest BCUT2D eigenvalue weighted by atomic mass is 10.1. The van der Waals surface area contributed by atoms with Crippen LogP contribution in [0.15, 0.2) is 102 Å². The van der Waals surface area contributed by atoms with Crippen LogP contribution in [0.5, 0.6) is 11.5 Å². The van der Waals surface area contributed by atoms with Crippen molar-refractivity contribution >= 4 is 50.0 Å². The number of methoxy groups -OCH3 is 2. The van der Waals surface area contributed by atoms with Crippen LogP contribution in [0.4, 0.5) is 23.0 Å². The van der Waals surface area contributed by atoms with Crippen LogP contribution in [0.2, 0.25) is 0 Å². The van der Waals surface area contributed by atoms with Crippen molar-refractivity contribution in [1.29, 1.82) is 0 Å². The number of anilines is 4. The molecular weight excluding hydrogens is 542 g/mol. The van der Waals surface area contributed by atoms with Crippen molar-refractivity contribution < 1.29 is 22.7 Å². The third kappa shape index (κ3) is 6.71. The minimum Gasteiger partial charge on any atom is -0.497 e. The Morgan fingerprint density at radius 1 is 0.732 bits per heavy atom. The summed E-state index contributed by atoms with van der Waals surface area (Å²) < 4.78 is 40.3. The van der Waals surface area contributed by atoms with E-state index in [0.717, 1.165) is 5.56 Å². The van der Waals surface area contributed by atoms with Gasteiger partial charge in [0.2, 0.25) is 5.91 Å². The highest BCUT2D eigenvalue weighted by Gasteiger charge is 2.20. The Kier molecular flexibility index (Phi) is 7.97. The number of rotatable bonds is 10. The van der Waals surface area contributed by atoms with Gasteiger partial charge in [-0.15, -0.1) is 0 Å². The molecule has 0 aliphatic rings. The first kappa shape index (κ1) is 27.4. The molecule has 1 heterocycles. The van der Waals surface area contributed by atoms with Crippen LogP contribution in [0.25, 0.3) is 11.0 Å². The molecule has 4 aromatic carbocycles. The molecule has 1 amide bonds. The van der Waals surface area contributed by atoms with Crippen molar-refractivity contribution in [3.63, 3.8) is 0 Å². The topological polar surface area (TPSA) is 132 Å². The summed E-state index contributed by atoms with van der Waals surface area (Å²) >= 11 is 0. The van der Waals surface area contributed by atoms with Crippen LogP contribution in [-0.2, 0) is 21.2 Å². The van der Waals surface area contributed by atoms with Gasteiger partial charge < -0.3 is 20.1 Å². The summed E-state index contributed by atoms with van der Waals surface area (Å²) in [6.07, 6.45) is 0.160. The second-order valence-corrected chi connectivity index (χ2v) is 10.7. The number of aromatic nitrogens is 2. The molecule has 208 valence electrons. The first-order valence-electron chi connectivity index (χ1n) is 12.6. The van der Waals surface area contributed by atoms with E-state index in [-0.39, 0.29) is 28.9 Å². The highest BCUT2D eigenvalue weighted by Crippen LogP contribution is 2.31. The van der Waals surface area contributed by atoms with Gasteiger partial charge in [0.25, 0.3) is 10.0 Å². The van der Waals surface area contributed by atoms with Gasteiger partial charge in [-0.25, -0.2) is 18.4 Å². The van der Waals surface area contributed by atoms with Gasteiger partial charge in [0.15, 0.2) is 11.6 Å². The zero-order chi connectivity index (χ0) is 28.8. The number of nitrogens with zero attached hydrogens (tertiary/aromatic N) is 2. The molecule has 0 aliphatic carbocycles. The molecule has 0 atom stereocenters. The van der Waals surface area contributed by atoms with E-state index in [4.69, 9.17) is 9.47 Å². The highest BCUT2D eigenvalue weighted by atomic mass is 32.2.